The van der Waals surface area contributed by atoms with Crippen LogP contribution >= 0.6 is 0 Å². The van der Waals surface area contributed by atoms with Crippen LogP contribution < -0.4 is 0 Å². The summed E-state index contributed by atoms with van der Waals surface area (Å²) in [6.45, 7) is 4.24. The van der Waals surface area contributed by atoms with Gasteiger partial charge < -0.3 is 14.6 Å². The zero-order chi connectivity index (χ0) is 22.7. The molecule has 33 heavy (non-hydrogen) atoms. The highest BCUT2D eigenvalue weighted by atomic mass is 16.3. The Morgan fingerprint density at radius 1 is 0.970 bits per heavy atom. The molecule has 0 radical (unpaired) electrons. The molecule has 6 nitrogen and oxygen atoms in total. The maximum Gasteiger partial charge on any atom is 0.236 e. The number of imidazole rings is 1. The second-order valence-corrected chi connectivity index (χ2v) is 9.88. The third kappa shape index (κ3) is 5.28. The number of hydrogen-bond acceptors (Lipinski definition) is 4. The van der Waals surface area contributed by atoms with E-state index in [0.717, 1.165) is 56.5 Å². The number of aliphatic hydroxyl groups is 1. The van der Waals surface area contributed by atoms with E-state index in [-0.39, 0.29) is 5.91 Å². The quantitative estimate of drug-likeness (QED) is 0.631. The van der Waals surface area contributed by atoms with Crippen molar-refractivity contribution in [3.63, 3.8) is 0 Å². The van der Waals surface area contributed by atoms with Crippen molar-refractivity contribution in [3.8, 4) is 0 Å². The van der Waals surface area contributed by atoms with Gasteiger partial charge in [0.15, 0.2) is 0 Å². The Morgan fingerprint density at radius 2 is 1.67 bits per heavy atom. The highest BCUT2D eigenvalue weighted by molar-refractivity contribution is 5.78. The van der Waals surface area contributed by atoms with Crippen LogP contribution in [0, 0.1) is 5.92 Å². The van der Waals surface area contributed by atoms with Gasteiger partial charge in [0.1, 0.15) is 0 Å². The van der Waals surface area contributed by atoms with Crippen LogP contribution in [0.2, 0.25) is 0 Å². The lowest BCUT2D eigenvalue weighted by Crippen LogP contribution is -2.50. The third-order valence-corrected chi connectivity index (χ3v) is 7.47. The Hall–Kier alpha value is -2.70. The third-order valence-electron chi connectivity index (χ3n) is 7.47. The predicted octanol–water partition coefficient (Wildman–Crippen LogP) is 3.34. The Kier molecular flexibility index (Phi) is 6.47. The molecule has 5 rings (SSSR count). The average Bonchev–Trinajstić information content (AvgIpc) is 3.24. The molecular weight excluding hydrogens is 412 g/mol. The SMILES string of the molecule is O=C(CN1CCC(O)(Cn2cnc3ccccc32)CC1)N1CCC(Cc2ccccc2)CC1. The molecule has 174 valence electrons. The lowest BCUT2D eigenvalue weighted by Gasteiger charge is -2.39. The van der Waals surface area contributed by atoms with Crippen LogP contribution in [0.3, 0.4) is 0 Å². The number of carbonyl (C=O) groups is 1. The fourth-order valence-corrected chi connectivity index (χ4v) is 5.36. The molecule has 1 N–H and O–H groups in total. The summed E-state index contributed by atoms with van der Waals surface area (Å²) in [5.41, 5.74) is 2.65. The van der Waals surface area contributed by atoms with Gasteiger partial charge in [-0.1, -0.05) is 42.5 Å². The first-order valence-corrected chi connectivity index (χ1v) is 12.2. The number of amides is 1. The van der Waals surface area contributed by atoms with Crippen LogP contribution in [0.5, 0.6) is 0 Å². The molecule has 0 atom stereocenters. The van der Waals surface area contributed by atoms with Crippen LogP contribution in [0.25, 0.3) is 11.0 Å². The molecule has 2 fully saturated rings. The number of fused-ring (bicyclic) bond motifs is 1. The average molecular weight is 447 g/mol. The van der Waals surface area contributed by atoms with Crippen molar-refractivity contribution in [3.05, 3.63) is 66.5 Å². The minimum atomic E-state index is -0.751. The van der Waals surface area contributed by atoms with E-state index >= 15 is 0 Å². The van der Waals surface area contributed by atoms with E-state index in [1.165, 1.54) is 5.56 Å². The molecule has 1 aromatic heterocycles. The van der Waals surface area contributed by atoms with Gasteiger partial charge in [-0.05, 0) is 55.7 Å². The molecule has 2 saturated heterocycles. The van der Waals surface area contributed by atoms with Crippen molar-refractivity contribution in [1.29, 1.82) is 0 Å². The van der Waals surface area contributed by atoms with Crippen LogP contribution in [-0.4, -0.2) is 68.7 Å². The van der Waals surface area contributed by atoms with E-state index in [1.807, 2.05) is 35.5 Å². The summed E-state index contributed by atoms with van der Waals surface area (Å²) >= 11 is 0. The van der Waals surface area contributed by atoms with Crippen LogP contribution in [-0.2, 0) is 17.8 Å². The number of piperidine rings is 2. The Labute approximate surface area is 195 Å². The van der Waals surface area contributed by atoms with Gasteiger partial charge in [-0.15, -0.1) is 0 Å². The largest absolute Gasteiger partial charge is 0.388 e. The molecular formula is C27H34N4O2. The van der Waals surface area contributed by atoms with Crippen molar-refractivity contribution in [1.82, 2.24) is 19.4 Å². The molecule has 0 saturated carbocycles. The molecule has 3 aromatic rings. The second-order valence-electron chi connectivity index (χ2n) is 9.88. The van der Waals surface area contributed by atoms with Crippen molar-refractivity contribution in [2.45, 2.75) is 44.2 Å². The molecule has 2 aliphatic heterocycles. The summed E-state index contributed by atoms with van der Waals surface area (Å²) in [5, 5.41) is 11.2. The number of aromatic nitrogens is 2. The fourth-order valence-electron chi connectivity index (χ4n) is 5.36. The van der Waals surface area contributed by atoms with Gasteiger partial charge in [-0.3, -0.25) is 9.69 Å². The van der Waals surface area contributed by atoms with Crippen LogP contribution in [0.1, 0.15) is 31.2 Å². The number of carbonyl (C=O) groups excluding carboxylic acids is 1. The van der Waals surface area contributed by atoms with Crippen LogP contribution in [0.15, 0.2) is 60.9 Å². The van der Waals surface area contributed by atoms with Gasteiger partial charge in [-0.25, -0.2) is 4.98 Å². The number of nitrogens with zero attached hydrogens (tertiary/aromatic N) is 4. The Morgan fingerprint density at radius 3 is 2.42 bits per heavy atom. The predicted molar refractivity (Wildman–Crippen MR) is 130 cm³/mol. The van der Waals surface area contributed by atoms with Gasteiger partial charge in [0.25, 0.3) is 0 Å². The molecule has 0 unspecified atom stereocenters. The van der Waals surface area contributed by atoms with Gasteiger partial charge in [0, 0.05) is 26.2 Å². The summed E-state index contributed by atoms with van der Waals surface area (Å²) in [5.74, 6) is 0.903. The molecule has 6 heteroatoms. The molecule has 1 amide bonds. The first-order valence-electron chi connectivity index (χ1n) is 12.2. The van der Waals surface area contributed by atoms with Crippen molar-refractivity contribution in [2.75, 3.05) is 32.7 Å². The summed E-state index contributed by atoms with van der Waals surface area (Å²) in [7, 11) is 0. The van der Waals surface area contributed by atoms with E-state index in [2.05, 4.69) is 44.8 Å². The zero-order valence-corrected chi connectivity index (χ0v) is 19.3. The number of likely N-dealkylation sites (tertiary alicyclic amines) is 2. The monoisotopic (exact) mass is 446 g/mol. The zero-order valence-electron chi connectivity index (χ0n) is 19.3. The standard InChI is InChI=1S/C27H34N4O2/c32-26(30-14-10-23(11-15-30)18-22-6-2-1-3-7-22)19-29-16-12-27(33,13-17-29)20-31-21-28-24-8-4-5-9-25(24)31/h1-9,21,23,33H,10-20H2. The maximum atomic E-state index is 12.9. The van der Waals surface area contributed by atoms with Gasteiger partial charge in [-0.2, -0.15) is 0 Å². The number of hydrogen-bond donors (Lipinski definition) is 1. The van der Waals surface area contributed by atoms with Crippen molar-refractivity contribution in [2.24, 2.45) is 5.92 Å². The lowest BCUT2D eigenvalue weighted by molar-refractivity contribution is -0.135. The molecule has 3 heterocycles. The molecule has 0 bridgehead atoms. The number of rotatable bonds is 6. The normalized spacial score (nSPS) is 19.7. The van der Waals surface area contributed by atoms with E-state index in [1.54, 1.807) is 0 Å². The van der Waals surface area contributed by atoms with Crippen molar-refractivity contribution >= 4 is 16.9 Å². The number of para-hydroxylation sites is 2. The summed E-state index contributed by atoms with van der Waals surface area (Å²) in [6.07, 6.45) is 6.44. The molecule has 2 aliphatic rings. The molecule has 0 spiro atoms. The van der Waals surface area contributed by atoms with E-state index in [9.17, 15) is 9.90 Å². The maximum absolute atomic E-state index is 12.9. The fraction of sp³-hybridized carbons (Fsp3) is 0.481. The van der Waals surface area contributed by atoms with Gasteiger partial charge in [0.2, 0.25) is 5.91 Å². The Bertz CT molecular complexity index is 1060. The van der Waals surface area contributed by atoms with E-state index < -0.39 is 5.60 Å². The van der Waals surface area contributed by atoms with Gasteiger partial charge >= 0.3 is 0 Å². The summed E-state index contributed by atoms with van der Waals surface area (Å²) in [6, 6.07) is 18.7. The Balaban J connectivity index is 1.08. The summed E-state index contributed by atoms with van der Waals surface area (Å²) in [4.78, 5) is 21.6. The minimum absolute atomic E-state index is 0.235. The first-order chi connectivity index (χ1) is 16.1. The highest BCUT2D eigenvalue weighted by Gasteiger charge is 2.34. The number of benzene rings is 2. The smallest absolute Gasteiger partial charge is 0.236 e. The minimum Gasteiger partial charge on any atom is -0.388 e. The topological polar surface area (TPSA) is 61.6 Å². The van der Waals surface area contributed by atoms with Gasteiger partial charge in [0.05, 0.1) is 36.1 Å². The highest BCUT2D eigenvalue weighted by Crippen LogP contribution is 2.27. The second kappa shape index (κ2) is 9.65. The van der Waals surface area contributed by atoms with E-state index in [4.69, 9.17) is 0 Å². The summed E-state index contributed by atoms with van der Waals surface area (Å²) < 4.78 is 2.05. The van der Waals surface area contributed by atoms with Crippen molar-refractivity contribution < 1.29 is 9.90 Å². The van der Waals surface area contributed by atoms with Crippen LogP contribution in [0.4, 0.5) is 0 Å². The molecule has 2 aromatic carbocycles. The first kappa shape index (κ1) is 22.1. The lowest BCUT2D eigenvalue weighted by atomic mass is 9.90. The van der Waals surface area contributed by atoms with E-state index in [0.29, 0.717) is 31.8 Å². The molecule has 0 aliphatic carbocycles.